The summed E-state index contributed by atoms with van der Waals surface area (Å²) in [5.41, 5.74) is 5.33. The molecule has 1 saturated carbocycles. The zero-order chi connectivity index (χ0) is 11.3. The minimum Gasteiger partial charge on any atom is -0.390 e. The van der Waals surface area contributed by atoms with Crippen molar-refractivity contribution in [1.82, 2.24) is 0 Å². The first-order valence-electron chi connectivity index (χ1n) is 6.58. The Morgan fingerprint density at radius 2 is 1.93 bits per heavy atom. The van der Waals surface area contributed by atoms with E-state index in [-0.39, 0.29) is 0 Å². The molecule has 0 aromatic heterocycles. The van der Waals surface area contributed by atoms with Gasteiger partial charge in [-0.05, 0) is 50.5 Å². The number of hydrogen-bond donors (Lipinski definition) is 2. The minimum atomic E-state index is -0.448. The third kappa shape index (κ3) is 3.18. The maximum absolute atomic E-state index is 10.6. The van der Waals surface area contributed by atoms with E-state index in [1.807, 2.05) is 0 Å². The van der Waals surface area contributed by atoms with Crippen molar-refractivity contribution in [1.29, 1.82) is 0 Å². The average Bonchev–Trinajstić information content (AvgIpc) is 2.27. The molecule has 3 N–H and O–H groups in total. The quantitative estimate of drug-likeness (QED) is 0.737. The van der Waals surface area contributed by atoms with Gasteiger partial charge in [-0.1, -0.05) is 26.7 Å². The lowest BCUT2D eigenvalue weighted by Gasteiger charge is -2.41. The molecule has 1 unspecified atom stereocenters. The number of rotatable bonds is 5. The molecule has 90 valence electrons. The van der Waals surface area contributed by atoms with E-state index >= 15 is 0 Å². The molecule has 1 rings (SSSR count). The third-order valence-corrected chi connectivity index (χ3v) is 4.23. The van der Waals surface area contributed by atoms with Gasteiger partial charge >= 0.3 is 0 Å². The number of aliphatic hydroxyl groups is 1. The van der Waals surface area contributed by atoms with Crippen molar-refractivity contribution in [3.63, 3.8) is 0 Å². The van der Waals surface area contributed by atoms with Gasteiger partial charge in [0.25, 0.3) is 0 Å². The Balaban J connectivity index is 2.51. The van der Waals surface area contributed by atoms with Gasteiger partial charge in [-0.3, -0.25) is 0 Å². The van der Waals surface area contributed by atoms with E-state index in [9.17, 15) is 5.11 Å². The molecule has 1 aliphatic carbocycles. The second kappa shape index (κ2) is 5.86. The number of hydrogen-bond acceptors (Lipinski definition) is 2. The van der Waals surface area contributed by atoms with Crippen molar-refractivity contribution in [3.05, 3.63) is 0 Å². The van der Waals surface area contributed by atoms with E-state index in [0.29, 0.717) is 12.5 Å². The van der Waals surface area contributed by atoms with Crippen molar-refractivity contribution in [3.8, 4) is 0 Å². The molecule has 0 aliphatic heterocycles. The fourth-order valence-corrected chi connectivity index (χ4v) is 2.95. The molecule has 1 atom stereocenters. The van der Waals surface area contributed by atoms with Gasteiger partial charge in [-0.25, -0.2) is 0 Å². The van der Waals surface area contributed by atoms with E-state index in [1.54, 1.807) is 0 Å². The van der Waals surface area contributed by atoms with Crippen LogP contribution >= 0.6 is 0 Å². The Labute approximate surface area is 94.2 Å². The molecule has 0 amide bonds. The van der Waals surface area contributed by atoms with E-state index in [4.69, 9.17) is 5.73 Å². The Hall–Kier alpha value is -0.0800. The summed E-state index contributed by atoms with van der Waals surface area (Å²) in [5.74, 6) is 1.16. The molecule has 0 aromatic carbocycles. The van der Waals surface area contributed by atoms with E-state index < -0.39 is 5.60 Å². The largest absolute Gasteiger partial charge is 0.390 e. The normalized spacial score (nSPS) is 34.0. The van der Waals surface area contributed by atoms with Gasteiger partial charge in [0.15, 0.2) is 0 Å². The van der Waals surface area contributed by atoms with Crippen molar-refractivity contribution in [2.75, 3.05) is 6.54 Å². The first-order valence-corrected chi connectivity index (χ1v) is 6.58. The topological polar surface area (TPSA) is 46.2 Å². The van der Waals surface area contributed by atoms with Gasteiger partial charge in [0, 0.05) is 0 Å². The fraction of sp³-hybridized carbons (Fsp3) is 1.00. The predicted molar refractivity (Wildman–Crippen MR) is 64.7 cm³/mol. The lowest BCUT2D eigenvalue weighted by Crippen LogP contribution is -2.44. The molecule has 0 bridgehead atoms. The SMILES string of the molecule is CCCC(CN)C1(O)CCC(CC)CC1. The van der Waals surface area contributed by atoms with Crippen LogP contribution in [0.5, 0.6) is 0 Å². The summed E-state index contributed by atoms with van der Waals surface area (Å²) in [6.45, 7) is 5.06. The maximum atomic E-state index is 10.6. The van der Waals surface area contributed by atoms with Crippen molar-refractivity contribution in [2.24, 2.45) is 17.6 Å². The molecular weight excluding hydrogens is 186 g/mol. The summed E-state index contributed by atoms with van der Waals surface area (Å²) in [7, 11) is 0. The molecule has 15 heavy (non-hydrogen) atoms. The van der Waals surface area contributed by atoms with Crippen LogP contribution in [-0.2, 0) is 0 Å². The second-order valence-corrected chi connectivity index (χ2v) is 5.18. The van der Waals surface area contributed by atoms with Crippen LogP contribution in [0.4, 0.5) is 0 Å². The van der Waals surface area contributed by atoms with Crippen molar-refractivity contribution < 1.29 is 5.11 Å². The Morgan fingerprint density at radius 3 is 2.33 bits per heavy atom. The lowest BCUT2D eigenvalue weighted by atomic mass is 9.70. The zero-order valence-electron chi connectivity index (χ0n) is 10.3. The molecule has 2 heteroatoms. The third-order valence-electron chi connectivity index (χ3n) is 4.23. The smallest absolute Gasteiger partial charge is 0.0688 e. The first kappa shape index (κ1) is 13.0. The van der Waals surface area contributed by atoms with Gasteiger partial charge in [0.2, 0.25) is 0 Å². The highest BCUT2D eigenvalue weighted by molar-refractivity contribution is 4.91. The van der Waals surface area contributed by atoms with Gasteiger partial charge in [-0.15, -0.1) is 0 Å². The summed E-state index contributed by atoms with van der Waals surface area (Å²) < 4.78 is 0. The maximum Gasteiger partial charge on any atom is 0.0688 e. The fourth-order valence-electron chi connectivity index (χ4n) is 2.95. The highest BCUT2D eigenvalue weighted by Crippen LogP contribution is 2.39. The molecule has 0 saturated heterocycles. The molecule has 0 spiro atoms. The van der Waals surface area contributed by atoms with Crippen molar-refractivity contribution in [2.45, 2.75) is 64.4 Å². The van der Waals surface area contributed by atoms with Crippen LogP contribution in [0.25, 0.3) is 0 Å². The van der Waals surface area contributed by atoms with Crippen molar-refractivity contribution >= 4 is 0 Å². The highest BCUT2D eigenvalue weighted by Gasteiger charge is 2.38. The van der Waals surface area contributed by atoms with Crippen LogP contribution in [0.2, 0.25) is 0 Å². The highest BCUT2D eigenvalue weighted by atomic mass is 16.3. The molecule has 0 heterocycles. The first-order chi connectivity index (χ1) is 7.16. The summed E-state index contributed by atoms with van der Waals surface area (Å²) in [6.07, 6.45) is 7.77. The van der Waals surface area contributed by atoms with E-state index in [1.165, 1.54) is 19.3 Å². The molecule has 0 radical (unpaired) electrons. The van der Waals surface area contributed by atoms with Crippen LogP contribution < -0.4 is 5.73 Å². The Kier molecular flexibility index (Phi) is 5.07. The van der Waals surface area contributed by atoms with Gasteiger partial charge in [0.1, 0.15) is 0 Å². The lowest BCUT2D eigenvalue weighted by molar-refractivity contribution is -0.0594. The summed E-state index contributed by atoms with van der Waals surface area (Å²) >= 11 is 0. The van der Waals surface area contributed by atoms with E-state index in [0.717, 1.165) is 31.6 Å². The summed E-state index contributed by atoms with van der Waals surface area (Å²) in [6, 6.07) is 0. The predicted octanol–water partition coefficient (Wildman–Crippen LogP) is 2.69. The van der Waals surface area contributed by atoms with Crippen LogP contribution in [0.3, 0.4) is 0 Å². The molecule has 1 fully saturated rings. The van der Waals surface area contributed by atoms with Crippen LogP contribution in [-0.4, -0.2) is 17.3 Å². The molecule has 0 aromatic rings. The van der Waals surface area contributed by atoms with Crippen LogP contribution in [0, 0.1) is 11.8 Å². The molecular formula is C13H27NO. The van der Waals surface area contributed by atoms with Gasteiger partial charge in [0.05, 0.1) is 5.60 Å². The number of nitrogens with two attached hydrogens (primary N) is 1. The Morgan fingerprint density at radius 1 is 1.33 bits per heavy atom. The second-order valence-electron chi connectivity index (χ2n) is 5.18. The monoisotopic (exact) mass is 213 g/mol. The average molecular weight is 213 g/mol. The molecule has 2 nitrogen and oxygen atoms in total. The van der Waals surface area contributed by atoms with E-state index in [2.05, 4.69) is 13.8 Å². The summed E-state index contributed by atoms with van der Waals surface area (Å²) in [4.78, 5) is 0. The van der Waals surface area contributed by atoms with Crippen LogP contribution in [0.15, 0.2) is 0 Å². The minimum absolute atomic E-state index is 0.320. The van der Waals surface area contributed by atoms with Crippen LogP contribution in [0.1, 0.15) is 58.8 Å². The molecule has 1 aliphatic rings. The zero-order valence-corrected chi connectivity index (χ0v) is 10.3. The van der Waals surface area contributed by atoms with Gasteiger partial charge < -0.3 is 10.8 Å². The summed E-state index contributed by atoms with van der Waals surface area (Å²) in [5, 5.41) is 10.6. The van der Waals surface area contributed by atoms with Gasteiger partial charge in [-0.2, -0.15) is 0 Å². The standard InChI is InChI=1S/C13H27NO/c1-3-5-12(10-14)13(15)8-6-11(4-2)7-9-13/h11-12,15H,3-10,14H2,1-2H3. The Bertz CT molecular complexity index is 173.